The maximum Gasteiger partial charge on any atom is 0.325 e. The van der Waals surface area contributed by atoms with Gasteiger partial charge in [-0.3, -0.25) is 14.5 Å². The number of rotatable bonds is 5. The van der Waals surface area contributed by atoms with Crippen molar-refractivity contribution in [2.45, 2.75) is 12.6 Å². The molecule has 0 aliphatic carbocycles. The third-order valence-corrected chi connectivity index (χ3v) is 5.30. The lowest BCUT2D eigenvalue weighted by Crippen LogP contribution is -2.39. The van der Waals surface area contributed by atoms with Crippen molar-refractivity contribution in [1.29, 1.82) is 0 Å². The second kappa shape index (κ2) is 7.04. The molecule has 1 saturated heterocycles. The second-order valence-corrected chi connectivity index (χ2v) is 7.32. The van der Waals surface area contributed by atoms with Gasteiger partial charge in [0.05, 0.1) is 5.52 Å². The van der Waals surface area contributed by atoms with E-state index in [1.807, 2.05) is 16.7 Å². The number of thioether (sulfide) groups is 1. The van der Waals surface area contributed by atoms with Crippen molar-refractivity contribution in [3.63, 3.8) is 0 Å². The molecule has 2 heterocycles. The van der Waals surface area contributed by atoms with E-state index in [0.29, 0.717) is 29.2 Å². The van der Waals surface area contributed by atoms with Gasteiger partial charge in [0.25, 0.3) is 0 Å². The molecular formula is C16H17ClN2O4S. The maximum atomic E-state index is 11.9. The van der Waals surface area contributed by atoms with Crippen molar-refractivity contribution in [1.82, 2.24) is 9.47 Å². The van der Waals surface area contributed by atoms with Crippen LogP contribution in [-0.2, 0) is 16.1 Å². The summed E-state index contributed by atoms with van der Waals surface area (Å²) in [6, 6.07) is 4.35. The number of hydrogen-bond donors (Lipinski definition) is 2. The smallest absolute Gasteiger partial charge is 0.325 e. The van der Waals surface area contributed by atoms with Crippen molar-refractivity contribution >= 4 is 46.2 Å². The number of benzene rings is 1. The third-order valence-electron chi connectivity index (χ3n) is 4.12. The fraction of sp³-hybridized carbons (Fsp3) is 0.375. The quantitative estimate of drug-likeness (QED) is 0.844. The highest BCUT2D eigenvalue weighted by Gasteiger charge is 2.31. The average Bonchev–Trinajstić information content (AvgIpc) is 2.85. The lowest BCUT2D eigenvalue weighted by atomic mass is 10.0. The molecule has 1 aliphatic heterocycles. The molecule has 0 radical (unpaired) electrons. The third kappa shape index (κ3) is 3.38. The van der Waals surface area contributed by atoms with Crippen LogP contribution in [0, 0.1) is 0 Å². The van der Waals surface area contributed by atoms with Crippen LogP contribution in [0.15, 0.2) is 24.4 Å². The molecule has 8 heteroatoms. The Bertz CT molecular complexity index is 786. The molecule has 2 aromatic rings. The van der Waals surface area contributed by atoms with Crippen LogP contribution in [0.5, 0.6) is 0 Å². The summed E-state index contributed by atoms with van der Waals surface area (Å²) in [6.45, 7) is 1.15. The number of hydrogen-bond acceptors (Lipinski definition) is 4. The van der Waals surface area contributed by atoms with Gasteiger partial charge in [0.15, 0.2) is 0 Å². The minimum atomic E-state index is -0.986. The Hall–Kier alpha value is -1.70. The molecule has 1 atom stereocenters. The van der Waals surface area contributed by atoms with Crippen molar-refractivity contribution in [3.8, 4) is 0 Å². The number of halogens is 1. The zero-order valence-electron chi connectivity index (χ0n) is 12.8. The monoisotopic (exact) mass is 368 g/mol. The minimum absolute atomic E-state index is 0.237. The number of aliphatic carboxylic acids is 2. The van der Waals surface area contributed by atoms with E-state index in [-0.39, 0.29) is 6.54 Å². The van der Waals surface area contributed by atoms with Gasteiger partial charge < -0.3 is 14.8 Å². The summed E-state index contributed by atoms with van der Waals surface area (Å²) >= 11 is 7.84. The number of carboxylic acid groups (broad SMARTS) is 2. The first-order valence-corrected chi connectivity index (χ1v) is 9.05. The molecule has 1 aromatic heterocycles. The van der Waals surface area contributed by atoms with E-state index in [9.17, 15) is 14.7 Å². The first-order chi connectivity index (χ1) is 11.5. The zero-order chi connectivity index (χ0) is 17.3. The summed E-state index contributed by atoms with van der Waals surface area (Å²) < 4.78 is 1.55. The average molecular weight is 369 g/mol. The van der Waals surface area contributed by atoms with Gasteiger partial charge in [0.1, 0.15) is 12.6 Å². The van der Waals surface area contributed by atoms with Crippen molar-refractivity contribution in [2.75, 3.05) is 24.6 Å². The van der Waals surface area contributed by atoms with Crippen molar-refractivity contribution < 1.29 is 19.8 Å². The zero-order valence-corrected chi connectivity index (χ0v) is 14.4. The molecule has 0 saturated carbocycles. The molecule has 128 valence electrons. The van der Waals surface area contributed by atoms with E-state index >= 15 is 0 Å². The van der Waals surface area contributed by atoms with Crippen molar-refractivity contribution in [2.24, 2.45) is 0 Å². The molecule has 2 N–H and O–H groups in total. The van der Waals surface area contributed by atoms with Gasteiger partial charge in [-0.2, -0.15) is 11.8 Å². The summed E-state index contributed by atoms with van der Waals surface area (Å²) in [6.07, 6.45) is 1.63. The first kappa shape index (κ1) is 17.1. The maximum absolute atomic E-state index is 11.9. The van der Waals surface area contributed by atoms with Gasteiger partial charge in [0, 0.05) is 46.8 Å². The molecule has 0 amide bonds. The molecule has 3 rings (SSSR count). The SMILES string of the molecule is O=C(O)Cn1cc(C(C(=O)O)N2CCSCC2)c2ccc(Cl)cc21. The predicted molar refractivity (Wildman–Crippen MR) is 93.9 cm³/mol. The molecule has 0 spiro atoms. The van der Waals surface area contributed by atoms with Gasteiger partial charge in [-0.25, -0.2) is 0 Å². The van der Waals surface area contributed by atoms with Gasteiger partial charge in [-0.15, -0.1) is 0 Å². The summed E-state index contributed by atoms with van der Waals surface area (Å²) in [4.78, 5) is 25.0. The Morgan fingerprint density at radius 1 is 1.25 bits per heavy atom. The Labute approximate surface area is 148 Å². The number of carboxylic acids is 2. The van der Waals surface area contributed by atoms with Crippen LogP contribution in [0.3, 0.4) is 0 Å². The second-order valence-electron chi connectivity index (χ2n) is 5.66. The van der Waals surface area contributed by atoms with Crippen LogP contribution < -0.4 is 0 Å². The van der Waals surface area contributed by atoms with Crippen LogP contribution >= 0.6 is 23.4 Å². The lowest BCUT2D eigenvalue weighted by molar-refractivity contribution is -0.143. The van der Waals surface area contributed by atoms with Crippen LogP contribution in [-0.4, -0.2) is 56.2 Å². The Morgan fingerprint density at radius 2 is 1.96 bits per heavy atom. The highest BCUT2D eigenvalue weighted by molar-refractivity contribution is 7.99. The highest BCUT2D eigenvalue weighted by atomic mass is 35.5. The summed E-state index contributed by atoms with van der Waals surface area (Å²) in [5.41, 5.74) is 1.25. The van der Waals surface area contributed by atoms with Gasteiger partial charge in [-0.1, -0.05) is 17.7 Å². The van der Waals surface area contributed by atoms with E-state index < -0.39 is 18.0 Å². The molecular weight excluding hydrogens is 352 g/mol. The van der Waals surface area contributed by atoms with E-state index in [1.54, 1.807) is 29.0 Å². The molecule has 1 fully saturated rings. The molecule has 1 aliphatic rings. The van der Waals surface area contributed by atoms with Crippen LogP contribution in [0.25, 0.3) is 10.9 Å². The molecule has 1 aromatic carbocycles. The standard InChI is InChI=1S/C16H17ClN2O4S/c17-10-1-2-11-12(8-19(9-14(20)21)13(11)7-10)15(16(22)23)18-3-5-24-6-4-18/h1-2,7-8,15H,3-6,9H2,(H,20,21)(H,22,23). The largest absolute Gasteiger partial charge is 0.480 e. The number of carbonyl (C=O) groups is 2. The van der Waals surface area contributed by atoms with Gasteiger partial charge in [0.2, 0.25) is 0 Å². The van der Waals surface area contributed by atoms with Crippen LogP contribution in [0.2, 0.25) is 5.02 Å². The fourth-order valence-electron chi connectivity index (χ4n) is 3.11. The minimum Gasteiger partial charge on any atom is -0.480 e. The predicted octanol–water partition coefficient (Wildman–Crippen LogP) is 2.55. The Morgan fingerprint density at radius 3 is 2.58 bits per heavy atom. The van der Waals surface area contributed by atoms with E-state index in [2.05, 4.69) is 0 Å². The normalized spacial score (nSPS) is 17.0. The van der Waals surface area contributed by atoms with E-state index in [1.165, 1.54) is 0 Å². The number of fused-ring (bicyclic) bond motifs is 1. The van der Waals surface area contributed by atoms with Gasteiger partial charge in [-0.05, 0) is 12.1 Å². The number of aromatic nitrogens is 1. The topological polar surface area (TPSA) is 82.8 Å². The van der Waals surface area contributed by atoms with Crippen LogP contribution in [0.1, 0.15) is 11.6 Å². The lowest BCUT2D eigenvalue weighted by Gasteiger charge is -2.31. The van der Waals surface area contributed by atoms with E-state index in [4.69, 9.17) is 16.7 Å². The van der Waals surface area contributed by atoms with Gasteiger partial charge >= 0.3 is 11.9 Å². The molecule has 1 unspecified atom stereocenters. The first-order valence-electron chi connectivity index (χ1n) is 7.52. The Kier molecular flexibility index (Phi) is 5.03. The molecule has 24 heavy (non-hydrogen) atoms. The molecule has 0 bridgehead atoms. The fourth-order valence-corrected chi connectivity index (χ4v) is 4.21. The Balaban J connectivity index is 2.12. The molecule has 6 nitrogen and oxygen atoms in total. The summed E-state index contributed by atoms with van der Waals surface area (Å²) in [5.74, 6) is -0.127. The van der Waals surface area contributed by atoms with Crippen LogP contribution in [0.4, 0.5) is 0 Å². The summed E-state index contributed by atoms with van der Waals surface area (Å²) in [7, 11) is 0. The van der Waals surface area contributed by atoms with Crippen molar-refractivity contribution in [3.05, 3.63) is 35.0 Å². The highest BCUT2D eigenvalue weighted by Crippen LogP contribution is 2.33. The van der Waals surface area contributed by atoms with E-state index in [0.717, 1.165) is 16.9 Å². The summed E-state index contributed by atoms with van der Waals surface area (Å²) in [5, 5.41) is 20.1. The number of nitrogens with zero attached hydrogens (tertiary/aromatic N) is 2.